The first-order chi connectivity index (χ1) is 13.2. The van der Waals surface area contributed by atoms with Crippen LogP contribution in [0.3, 0.4) is 0 Å². The highest BCUT2D eigenvalue weighted by Crippen LogP contribution is 2.34. The van der Waals surface area contributed by atoms with Crippen LogP contribution in [0.1, 0.15) is 36.6 Å². The molecule has 1 amide bonds. The highest BCUT2D eigenvalue weighted by Gasteiger charge is 2.31. The summed E-state index contributed by atoms with van der Waals surface area (Å²) in [4.78, 5) is 31.8. The number of hydrogen-bond acceptors (Lipinski definition) is 4. The number of fused-ring (bicyclic) bond motifs is 1. The average Bonchev–Trinajstić information content (AvgIpc) is 3.09. The summed E-state index contributed by atoms with van der Waals surface area (Å²) < 4.78 is 38.7. The third kappa shape index (κ3) is 4.52. The van der Waals surface area contributed by atoms with Gasteiger partial charge in [-0.15, -0.1) is 0 Å². The number of H-pyrrole nitrogens is 1. The van der Waals surface area contributed by atoms with E-state index in [2.05, 4.69) is 15.3 Å². The fourth-order valence-electron chi connectivity index (χ4n) is 2.94. The number of nitrogens with one attached hydrogen (secondary N) is 2. The van der Waals surface area contributed by atoms with Crippen molar-refractivity contribution >= 4 is 35.0 Å². The Labute approximate surface area is 168 Å². The lowest BCUT2D eigenvalue weighted by atomic mass is 10.2. The van der Waals surface area contributed by atoms with Crippen molar-refractivity contribution in [1.29, 1.82) is 0 Å². The summed E-state index contributed by atoms with van der Waals surface area (Å²) in [5, 5.41) is 2.12. The molecule has 10 heteroatoms. The zero-order valence-corrected chi connectivity index (χ0v) is 16.4. The van der Waals surface area contributed by atoms with Crippen LogP contribution < -0.4 is 10.9 Å². The third-order valence-corrected chi connectivity index (χ3v) is 5.97. The van der Waals surface area contributed by atoms with Crippen molar-refractivity contribution in [2.45, 2.75) is 49.2 Å². The van der Waals surface area contributed by atoms with Crippen LogP contribution in [0.4, 0.5) is 18.9 Å². The molecule has 1 atom stereocenters. The van der Waals surface area contributed by atoms with Crippen molar-refractivity contribution in [2.75, 3.05) is 5.32 Å². The van der Waals surface area contributed by atoms with Crippen LogP contribution in [0.2, 0.25) is 5.02 Å². The molecule has 28 heavy (non-hydrogen) atoms. The molecule has 1 aromatic carbocycles. The fraction of sp³-hybridized carbons (Fsp3) is 0.389. The zero-order chi connectivity index (χ0) is 20.5. The van der Waals surface area contributed by atoms with Crippen LogP contribution in [-0.4, -0.2) is 21.1 Å². The second-order valence-corrected chi connectivity index (χ2v) is 7.94. The van der Waals surface area contributed by atoms with Gasteiger partial charge in [0.2, 0.25) is 5.91 Å². The average molecular weight is 432 g/mol. The van der Waals surface area contributed by atoms with Crippen LogP contribution in [0.5, 0.6) is 0 Å². The first-order valence-corrected chi connectivity index (χ1v) is 9.91. The second kappa shape index (κ2) is 8.16. The summed E-state index contributed by atoms with van der Waals surface area (Å²) in [5.41, 5.74) is 0.190. The number of aryl methyl sites for hydroxylation is 1. The van der Waals surface area contributed by atoms with Gasteiger partial charge in [0.1, 0.15) is 0 Å². The first-order valence-electron chi connectivity index (χ1n) is 8.65. The van der Waals surface area contributed by atoms with Gasteiger partial charge in [-0.3, -0.25) is 9.59 Å². The van der Waals surface area contributed by atoms with Gasteiger partial charge in [0.05, 0.1) is 27.2 Å². The van der Waals surface area contributed by atoms with E-state index in [1.54, 1.807) is 6.92 Å². The quantitative estimate of drug-likeness (QED) is 0.542. The van der Waals surface area contributed by atoms with Crippen molar-refractivity contribution < 1.29 is 18.0 Å². The Morgan fingerprint density at radius 3 is 2.82 bits per heavy atom. The van der Waals surface area contributed by atoms with Gasteiger partial charge >= 0.3 is 6.18 Å². The first kappa shape index (κ1) is 20.7. The van der Waals surface area contributed by atoms with Crippen LogP contribution in [0.25, 0.3) is 0 Å². The topological polar surface area (TPSA) is 74.8 Å². The molecule has 1 heterocycles. The van der Waals surface area contributed by atoms with Crippen LogP contribution in [-0.2, 0) is 23.8 Å². The molecular weight excluding hydrogens is 415 g/mol. The third-order valence-electron chi connectivity index (χ3n) is 4.39. The van der Waals surface area contributed by atoms with Gasteiger partial charge in [-0.05, 0) is 43.9 Å². The molecule has 1 unspecified atom stereocenters. The lowest BCUT2D eigenvalue weighted by molar-refractivity contribution is -0.137. The summed E-state index contributed by atoms with van der Waals surface area (Å²) in [6.45, 7) is 1.76. The molecule has 0 saturated carbocycles. The van der Waals surface area contributed by atoms with Gasteiger partial charge in [-0.25, -0.2) is 4.98 Å². The monoisotopic (exact) mass is 431 g/mol. The number of aromatic amines is 1. The van der Waals surface area contributed by atoms with E-state index in [0.29, 0.717) is 23.6 Å². The van der Waals surface area contributed by atoms with Crippen molar-refractivity contribution in [3.8, 4) is 0 Å². The predicted molar refractivity (Wildman–Crippen MR) is 102 cm³/mol. The van der Waals surface area contributed by atoms with Crippen molar-refractivity contribution in [2.24, 2.45) is 0 Å². The van der Waals surface area contributed by atoms with E-state index in [0.717, 1.165) is 48.5 Å². The predicted octanol–water partition coefficient (Wildman–Crippen LogP) is 4.44. The normalized spacial score (nSPS) is 14.6. The number of nitrogens with zero attached hydrogens (tertiary/aromatic N) is 1. The van der Waals surface area contributed by atoms with E-state index in [1.165, 1.54) is 0 Å². The fourth-order valence-corrected chi connectivity index (χ4v) is 4.02. The van der Waals surface area contributed by atoms with Crippen molar-refractivity contribution in [3.05, 3.63) is 50.4 Å². The van der Waals surface area contributed by atoms with Gasteiger partial charge in [-0.1, -0.05) is 30.3 Å². The van der Waals surface area contributed by atoms with Gasteiger partial charge < -0.3 is 10.3 Å². The van der Waals surface area contributed by atoms with E-state index >= 15 is 0 Å². The van der Waals surface area contributed by atoms with Gasteiger partial charge in [0, 0.05) is 5.56 Å². The summed E-state index contributed by atoms with van der Waals surface area (Å²) in [6.07, 6.45) is -1.89. The minimum Gasteiger partial charge on any atom is -0.324 e. The standard InChI is InChI=1S/C18H17ClF3N3O2S/c1-2-14(28-17-24-12-5-3-4-10(12)15(26)25-17)16(27)23-13-8-9(18(20,21)22)6-7-11(13)19/h6-8,14H,2-5H2,1H3,(H,23,27)(H,24,25,26). The molecular formula is C18H17ClF3N3O2S. The number of thioether (sulfide) groups is 1. The van der Waals surface area contributed by atoms with Crippen LogP contribution in [0, 0.1) is 0 Å². The highest BCUT2D eigenvalue weighted by molar-refractivity contribution is 8.00. The molecule has 150 valence electrons. The minimum absolute atomic E-state index is 0.00488. The van der Waals surface area contributed by atoms with E-state index in [-0.39, 0.29) is 16.3 Å². The molecule has 0 radical (unpaired) electrons. The number of aromatic nitrogens is 2. The Kier molecular flexibility index (Phi) is 6.04. The summed E-state index contributed by atoms with van der Waals surface area (Å²) in [6, 6.07) is 2.74. The van der Waals surface area contributed by atoms with Gasteiger partial charge in [0.15, 0.2) is 5.16 Å². The Morgan fingerprint density at radius 1 is 1.39 bits per heavy atom. The maximum absolute atomic E-state index is 12.9. The van der Waals surface area contributed by atoms with Crippen LogP contribution >= 0.6 is 23.4 Å². The maximum Gasteiger partial charge on any atom is 0.416 e. The number of carbonyl (C=O) groups excluding carboxylic acids is 1. The Bertz CT molecular complexity index is 962. The molecule has 2 aromatic rings. The molecule has 1 aliphatic rings. The largest absolute Gasteiger partial charge is 0.416 e. The van der Waals surface area contributed by atoms with Crippen molar-refractivity contribution in [1.82, 2.24) is 9.97 Å². The molecule has 0 aliphatic heterocycles. The molecule has 3 rings (SSSR count). The molecule has 0 fully saturated rings. The zero-order valence-electron chi connectivity index (χ0n) is 14.8. The number of alkyl halides is 3. The number of benzene rings is 1. The number of carbonyl (C=O) groups is 1. The minimum atomic E-state index is -4.54. The number of anilines is 1. The molecule has 0 saturated heterocycles. The Balaban J connectivity index is 1.78. The molecule has 2 N–H and O–H groups in total. The number of hydrogen-bond donors (Lipinski definition) is 2. The van der Waals surface area contributed by atoms with Crippen LogP contribution in [0.15, 0.2) is 28.2 Å². The summed E-state index contributed by atoms with van der Waals surface area (Å²) in [5.74, 6) is -0.517. The highest BCUT2D eigenvalue weighted by atomic mass is 35.5. The summed E-state index contributed by atoms with van der Waals surface area (Å²) >= 11 is 7.00. The van der Waals surface area contributed by atoms with E-state index in [9.17, 15) is 22.8 Å². The van der Waals surface area contributed by atoms with Gasteiger partial charge in [-0.2, -0.15) is 13.2 Å². The number of amides is 1. The molecule has 0 bridgehead atoms. The Morgan fingerprint density at radius 2 is 2.14 bits per heavy atom. The van der Waals surface area contributed by atoms with Crippen molar-refractivity contribution in [3.63, 3.8) is 0 Å². The molecule has 0 spiro atoms. The second-order valence-electron chi connectivity index (χ2n) is 6.35. The Hall–Kier alpha value is -2.00. The molecule has 5 nitrogen and oxygen atoms in total. The molecule has 1 aromatic heterocycles. The number of halogens is 4. The van der Waals surface area contributed by atoms with E-state index < -0.39 is 22.9 Å². The maximum atomic E-state index is 12.9. The SMILES string of the molecule is CCC(Sc1nc2c(c(=O)[nH]1)CCC2)C(=O)Nc1cc(C(F)(F)F)ccc1Cl. The lowest BCUT2D eigenvalue weighted by Gasteiger charge is -2.16. The van der Waals surface area contributed by atoms with Gasteiger partial charge in [0.25, 0.3) is 5.56 Å². The lowest BCUT2D eigenvalue weighted by Crippen LogP contribution is -2.26. The van der Waals surface area contributed by atoms with E-state index in [1.807, 2.05) is 0 Å². The smallest absolute Gasteiger partial charge is 0.324 e. The number of rotatable bonds is 5. The summed E-state index contributed by atoms with van der Waals surface area (Å²) in [7, 11) is 0. The molecule has 1 aliphatic carbocycles. The van der Waals surface area contributed by atoms with E-state index in [4.69, 9.17) is 11.6 Å².